The molecule has 0 aliphatic carbocycles. The average molecular weight is 245 g/mol. The molecule has 2 heterocycles. The van der Waals surface area contributed by atoms with E-state index in [4.69, 9.17) is 4.74 Å². The van der Waals surface area contributed by atoms with E-state index < -0.39 is 10.0 Å². The first kappa shape index (κ1) is 11.6. The van der Waals surface area contributed by atoms with Gasteiger partial charge in [0.05, 0.1) is 18.8 Å². The van der Waals surface area contributed by atoms with Gasteiger partial charge in [0.15, 0.2) is 5.94 Å². The number of sulfonamides is 1. The predicted molar refractivity (Wildman–Crippen MR) is 58.0 cm³/mol. The van der Waals surface area contributed by atoms with Gasteiger partial charge in [-0.05, 0) is 13.0 Å². The molecule has 1 aliphatic heterocycles. The minimum Gasteiger partial charge on any atom is -0.363 e. The fraction of sp³-hybridized carbons (Fsp3) is 0.667. The van der Waals surface area contributed by atoms with E-state index in [2.05, 4.69) is 5.10 Å². The van der Waals surface area contributed by atoms with E-state index >= 15 is 0 Å². The average Bonchev–Trinajstić information content (AvgIpc) is 2.69. The molecule has 90 valence electrons. The standard InChI is InChI=1S/C9H15N3O3S/c1-2-11-4-3-9(10-11)7-12-5-6-15-8-16(12,13)14/h3-4H,2,5-8H2,1H3. The molecule has 0 unspecified atom stereocenters. The molecule has 0 radical (unpaired) electrons. The zero-order valence-electron chi connectivity index (χ0n) is 9.16. The Morgan fingerprint density at radius 1 is 1.56 bits per heavy atom. The summed E-state index contributed by atoms with van der Waals surface area (Å²) in [5.74, 6) is -0.221. The molecule has 1 fully saturated rings. The second-order valence-electron chi connectivity index (χ2n) is 3.63. The van der Waals surface area contributed by atoms with Crippen LogP contribution in [0.1, 0.15) is 12.6 Å². The summed E-state index contributed by atoms with van der Waals surface area (Å²) in [6.07, 6.45) is 1.85. The monoisotopic (exact) mass is 245 g/mol. The van der Waals surface area contributed by atoms with Crippen LogP contribution in [0.25, 0.3) is 0 Å². The molecule has 7 heteroatoms. The predicted octanol–water partition coefficient (Wildman–Crippen LogP) is 0.0225. The summed E-state index contributed by atoms with van der Waals surface area (Å²) >= 11 is 0. The summed E-state index contributed by atoms with van der Waals surface area (Å²) in [6, 6.07) is 1.84. The van der Waals surface area contributed by atoms with Crippen LogP contribution in [-0.4, -0.2) is 41.6 Å². The van der Waals surface area contributed by atoms with Gasteiger partial charge in [0.25, 0.3) is 0 Å². The van der Waals surface area contributed by atoms with E-state index in [0.29, 0.717) is 19.7 Å². The van der Waals surface area contributed by atoms with Crippen LogP contribution >= 0.6 is 0 Å². The van der Waals surface area contributed by atoms with Crippen molar-refractivity contribution < 1.29 is 13.2 Å². The van der Waals surface area contributed by atoms with Crippen LogP contribution in [-0.2, 0) is 27.8 Å². The van der Waals surface area contributed by atoms with Crippen LogP contribution < -0.4 is 0 Å². The summed E-state index contributed by atoms with van der Waals surface area (Å²) in [7, 11) is -3.26. The minimum atomic E-state index is -3.26. The normalized spacial score (nSPS) is 21.1. The van der Waals surface area contributed by atoms with Gasteiger partial charge in [0, 0.05) is 19.3 Å². The van der Waals surface area contributed by atoms with Gasteiger partial charge in [-0.25, -0.2) is 8.42 Å². The van der Waals surface area contributed by atoms with Crippen molar-refractivity contribution in [2.75, 3.05) is 19.1 Å². The highest BCUT2D eigenvalue weighted by atomic mass is 32.2. The van der Waals surface area contributed by atoms with Gasteiger partial charge in [-0.15, -0.1) is 0 Å². The molecular formula is C9H15N3O3S. The maximum atomic E-state index is 11.6. The topological polar surface area (TPSA) is 64.4 Å². The molecule has 1 aliphatic rings. The lowest BCUT2D eigenvalue weighted by atomic mass is 10.4. The number of rotatable bonds is 3. The first-order valence-corrected chi connectivity index (χ1v) is 6.80. The van der Waals surface area contributed by atoms with E-state index in [-0.39, 0.29) is 5.94 Å². The lowest BCUT2D eigenvalue weighted by molar-refractivity contribution is 0.130. The molecule has 0 bridgehead atoms. The largest absolute Gasteiger partial charge is 0.363 e. The number of hydrogen-bond donors (Lipinski definition) is 0. The van der Waals surface area contributed by atoms with Gasteiger partial charge in [0.1, 0.15) is 0 Å². The third kappa shape index (κ3) is 2.42. The van der Waals surface area contributed by atoms with Gasteiger partial charge >= 0.3 is 0 Å². The zero-order chi connectivity index (χ0) is 11.6. The highest BCUT2D eigenvalue weighted by Crippen LogP contribution is 2.12. The van der Waals surface area contributed by atoms with Crippen LogP contribution in [0, 0.1) is 0 Å². The molecule has 1 aromatic rings. The molecule has 0 aromatic carbocycles. The molecule has 0 atom stereocenters. The van der Waals surface area contributed by atoms with E-state index in [9.17, 15) is 8.42 Å². The first-order valence-electron chi connectivity index (χ1n) is 5.20. The van der Waals surface area contributed by atoms with Crippen molar-refractivity contribution in [1.29, 1.82) is 0 Å². The third-order valence-electron chi connectivity index (χ3n) is 2.47. The maximum absolute atomic E-state index is 11.6. The Kier molecular flexibility index (Phi) is 3.27. The third-order valence-corrected chi connectivity index (χ3v) is 4.03. The van der Waals surface area contributed by atoms with Crippen molar-refractivity contribution in [3.05, 3.63) is 18.0 Å². The highest BCUT2D eigenvalue weighted by Gasteiger charge is 2.26. The molecule has 0 amide bonds. The van der Waals surface area contributed by atoms with Gasteiger partial charge in [-0.2, -0.15) is 9.40 Å². The number of aromatic nitrogens is 2. The number of hydrogen-bond acceptors (Lipinski definition) is 4. The second kappa shape index (κ2) is 4.52. The summed E-state index contributed by atoms with van der Waals surface area (Å²) in [6.45, 7) is 3.96. The number of ether oxygens (including phenoxy) is 1. The Balaban J connectivity index is 2.08. The summed E-state index contributed by atoms with van der Waals surface area (Å²) in [4.78, 5) is 0. The smallest absolute Gasteiger partial charge is 0.238 e. The molecule has 1 aromatic heterocycles. The van der Waals surface area contributed by atoms with Crippen LogP contribution in [0.5, 0.6) is 0 Å². The summed E-state index contributed by atoms with van der Waals surface area (Å²) in [5.41, 5.74) is 0.771. The van der Waals surface area contributed by atoms with Crippen molar-refractivity contribution in [3.63, 3.8) is 0 Å². The van der Waals surface area contributed by atoms with Gasteiger partial charge in [-0.1, -0.05) is 0 Å². The van der Waals surface area contributed by atoms with Gasteiger partial charge in [-0.3, -0.25) is 4.68 Å². The molecule has 0 N–H and O–H groups in total. The summed E-state index contributed by atoms with van der Waals surface area (Å²) in [5, 5.41) is 4.26. The fourth-order valence-electron chi connectivity index (χ4n) is 1.57. The zero-order valence-corrected chi connectivity index (χ0v) is 9.98. The minimum absolute atomic E-state index is 0.221. The van der Waals surface area contributed by atoms with E-state index in [1.807, 2.05) is 19.2 Å². The number of nitrogens with zero attached hydrogens (tertiary/aromatic N) is 3. The molecule has 6 nitrogen and oxygen atoms in total. The van der Waals surface area contributed by atoms with Crippen LogP contribution in [0.15, 0.2) is 12.3 Å². The molecule has 0 saturated carbocycles. The van der Waals surface area contributed by atoms with Crippen molar-refractivity contribution >= 4 is 10.0 Å². The Hall–Kier alpha value is -0.920. The number of aryl methyl sites for hydroxylation is 1. The molecule has 0 spiro atoms. The fourth-order valence-corrected chi connectivity index (χ4v) is 2.73. The van der Waals surface area contributed by atoms with Crippen LogP contribution in [0.3, 0.4) is 0 Å². The Morgan fingerprint density at radius 3 is 3.00 bits per heavy atom. The van der Waals surface area contributed by atoms with Gasteiger partial charge < -0.3 is 4.74 Å². The van der Waals surface area contributed by atoms with E-state index in [0.717, 1.165) is 12.2 Å². The first-order chi connectivity index (χ1) is 7.62. The highest BCUT2D eigenvalue weighted by molar-refractivity contribution is 7.88. The Morgan fingerprint density at radius 2 is 2.38 bits per heavy atom. The molecule has 16 heavy (non-hydrogen) atoms. The van der Waals surface area contributed by atoms with E-state index in [1.54, 1.807) is 4.68 Å². The molecule has 1 saturated heterocycles. The Bertz CT molecular complexity index is 454. The lowest BCUT2D eigenvalue weighted by Gasteiger charge is -2.25. The summed E-state index contributed by atoms with van der Waals surface area (Å²) < 4.78 is 31.4. The Labute approximate surface area is 94.9 Å². The van der Waals surface area contributed by atoms with Crippen molar-refractivity contribution in [3.8, 4) is 0 Å². The van der Waals surface area contributed by atoms with Crippen LogP contribution in [0.4, 0.5) is 0 Å². The van der Waals surface area contributed by atoms with Gasteiger partial charge in [0.2, 0.25) is 10.0 Å². The van der Waals surface area contributed by atoms with Crippen molar-refractivity contribution in [1.82, 2.24) is 14.1 Å². The quantitative estimate of drug-likeness (QED) is 0.753. The van der Waals surface area contributed by atoms with E-state index in [1.165, 1.54) is 4.31 Å². The SMILES string of the molecule is CCn1ccc(CN2CCOCS2(=O)=O)n1. The molecular weight excluding hydrogens is 230 g/mol. The lowest BCUT2D eigenvalue weighted by Crippen LogP contribution is -2.40. The van der Waals surface area contributed by atoms with Crippen molar-refractivity contribution in [2.45, 2.75) is 20.0 Å². The van der Waals surface area contributed by atoms with Crippen molar-refractivity contribution in [2.24, 2.45) is 0 Å². The maximum Gasteiger partial charge on any atom is 0.238 e. The second-order valence-corrected chi connectivity index (χ2v) is 5.55. The van der Waals surface area contributed by atoms with Crippen LogP contribution in [0.2, 0.25) is 0 Å². The molecule has 2 rings (SSSR count).